The molecule has 0 amide bonds. The number of halogens is 1. The predicted molar refractivity (Wildman–Crippen MR) is 60.3 cm³/mol. The van der Waals surface area contributed by atoms with Crippen LogP contribution in [0.15, 0.2) is 48.8 Å². The average Bonchev–Trinajstić information content (AvgIpc) is 2.29. The molecule has 0 radical (unpaired) electrons. The minimum absolute atomic E-state index is 0.0693. The summed E-state index contributed by atoms with van der Waals surface area (Å²) in [6.45, 7) is 0. The topological polar surface area (TPSA) is 56.3 Å². The highest BCUT2D eigenvalue weighted by atomic mass is 32.3. The van der Waals surface area contributed by atoms with Crippen LogP contribution >= 0.6 is 0 Å². The van der Waals surface area contributed by atoms with Crippen LogP contribution in [0.1, 0.15) is 0 Å². The zero-order chi connectivity index (χ0) is 12.3. The lowest BCUT2D eigenvalue weighted by Gasteiger charge is -2.02. The zero-order valence-corrected chi connectivity index (χ0v) is 9.39. The first kappa shape index (κ1) is 11.5. The van der Waals surface area contributed by atoms with Crippen LogP contribution in [0.3, 0.4) is 0 Å². The van der Waals surface area contributed by atoms with Crippen molar-refractivity contribution in [3.05, 3.63) is 48.8 Å². The lowest BCUT2D eigenvalue weighted by molar-refractivity contribution is 0.440. The van der Waals surface area contributed by atoms with Gasteiger partial charge in [0.2, 0.25) is 0 Å². The Morgan fingerprint density at radius 1 is 1.06 bits per heavy atom. The van der Waals surface area contributed by atoms with E-state index in [9.17, 15) is 12.3 Å². The van der Waals surface area contributed by atoms with Crippen molar-refractivity contribution in [3.63, 3.8) is 0 Å². The molecule has 4 nitrogen and oxygen atoms in total. The van der Waals surface area contributed by atoms with E-state index in [1.165, 1.54) is 12.1 Å². The van der Waals surface area contributed by atoms with Crippen LogP contribution in [0, 0.1) is 0 Å². The van der Waals surface area contributed by atoms with Gasteiger partial charge in [-0.2, -0.15) is 8.42 Å². The van der Waals surface area contributed by atoms with E-state index in [-0.39, 0.29) is 5.75 Å². The van der Waals surface area contributed by atoms with Crippen molar-refractivity contribution in [2.75, 3.05) is 0 Å². The van der Waals surface area contributed by atoms with Gasteiger partial charge in [0.15, 0.2) is 0 Å². The summed E-state index contributed by atoms with van der Waals surface area (Å²) in [6, 6.07) is 9.63. The number of nitrogens with zero attached hydrogens (tertiary/aromatic N) is 1. The van der Waals surface area contributed by atoms with Crippen molar-refractivity contribution in [3.8, 4) is 16.9 Å². The maximum atomic E-state index is 12.2. The molecule has 1 aromatic heterocycles. The third-order valence-corrected chi connectivity index (χ3v) is 2.44. The first-order chi connectivity index (χ1) is 8.04. The third-order valence-electron chi connectivity index (χ3n) is 2.04. The summed E-state index contributed by atoms with van der Waals surface area (Å²) in [5.41, 5.74) is 1.71. The van der Waals surface area contributed by atoms with E-state index in [1.807, 2.05) is 6.07 Å². The SMILES string of the molecule is O=S(=O)(F)Oc1ccc(-c2cccnc2)cc1. The summed E-state index contributed by atoms with van der Waals surface area (Å²) in [7, 11) is -4.97. The first-order valence-electron chi connectivity index (χ1n) is 4.69. The van der Waals surface area contributed by atoms with E-state index >= 15 is 0 Å². The average molecular weight is 253 g/mol. The molecular formula is C11H8FNO3S. The van der Waals surface area contributed by atoms with Gasteiger partial charge in [0.25, 0.3) is 0 Å². The van der Waals surface area contributed by atoms with Gasteiger partial charge in [-0.1, -0.05) is 22.1 Å². The minimum atomic E-state index is -4.97. The molecule has 0 atom stereocenters. The van der Waals surface area contributed by atoms with Crippen molar-refractivity contribution in [1.82, 2.24) is 4.98 Å². The number of aromatic nitrogens is 1. The highest BCUT2D eigenvalue weighted by Crippen LogP contribution is 2.22. The molecule has 0 aliphatic rings. The van der Waals surface area contributed by atoms with Crippen LogP contribution in [0.25, 0.3) is 11.1 Å². The Hall–Kier alpha value is -1.95. The number of hydrogen-bond donors (Lipinski definition) is 0. The van der Waals surface area contributed by atoms with Gasteiger partial charge in [-0.25, -0.2) is 0 Å². The molecule has 0 bridgehead atoms. The molecule has 88 valence electrons. The van der Waals surface area contributed by atoms with Gasteiger partial charge < -0.3 is 4.18 Å². The van der Waals surface area contributed by atoms with E-state index in [4.69, 9.17) is 0 Å². The Morgan fingerprint density at radius 2 is 1.76 bits per heavy atom. The second-order valence-electron chi connectivity index (χ2n) is 3.24. The van der Waals surface area contributed by atoms with Gasteiger partial charge in [-0.05, 0) is 29.3 Å². The molecule has 0 fully saturated rings. The monoisotopic (exact) mass is 253 g/mol. The molecule has 1 aromatic carbocycles. The van der Waals surface area contributed by atoms with Crippen LogP contribution in [-0.2, 0) is 10.5 Å². The summed E-state index contributed by atoms with van der Waals surface area (Å²) in [4.78, 5) is 3.96. The predicted octanol–water partition coefficient (Wildman–Crippen LogP) is 2.34. The van der Waals surface area contributed by atoms with E-state index < -0.39 is 10.5 Å². The van der Waals surface area contributed by atoms with Gasteiger partial charge in [-0.15, -0.1) is 0 Å². The lowest BCUT2D eigenvalue weighted by Crippen LogP contribution is -2.00. The first-order valence-corrected chi connectivity index (χ1v) is 6.00. The Bertz CT molecular complexity index is 596. The van der Waals surface area contributed by atoms with Crippen LogP contribution in [0.2, 0.25) is 0 Å². The normalized spacial score (nSPS) is 11.1. The maximum Gasteiger partial charge on any atom is 0.488 e. The molecule has 0 saturated heterocycles. The maximum absolute atomic E-state index is 12.2. The molecule has 0 aliphatic heterocycles. The van der Waals surface area contributed by atoms with Gasteiger partial charge in [-0.3, -0.25) is 4.98 Å². The summed E-state index contributed by atoms with van der Waals surface area (Å²) >= 11 is 0. The second-order valence-corrected chi connectivity index (χ2v) is 4.20. The minimum Gasteiger partial charge on any atom is -0.358 e. The molecular weight excluding hydrogens is 245 g/mol. The summed E-state index contributed by atoms with van der Waals surface area (Å²) < 4.78 is 36.8. The molecule has 0 saturated carbocycles. The molecule has 17 heavy (non-hydrogen) atoms. The smallest absolute Gasteiger partial charge is 0.358 e. The molecule has 0 aliphatic carbocycles. The molecule has 1 heterocycles. The van der Waals surface area contributed by atoms with E-state index in [0.717, 1.165) is 11.1 Å². The van der Waals surface area contributed by atoms with Crippen LogP contribution < -0.4 is 4.18 Å². The van der Waals surface area contributed by atoms with E-state index in [1.54, 1.807) is 30.6 Å². The number of hydrogen-bond acceptors (Lipinski definition) is 4. The quantitative estimate of drug-likeness (QED) is 0.788. The Balaban J connectivity index is 2.25. The highest BCUT2D eigenvalue weighted by molar-refractivity contribution is 7.81. The zero-order valence-electron chi connectivity index (χ0n) is 8.58. The van der Waals surface area contributed by atoms with E-state index in [0.29, 0.717) is 0 Å². The standard InChI is InChI=1S/C11H8FNO3S/c12-17(14,15)16-11-5-3-9(4-6-11)10-2-1-7-13-8-10/h1-8H. The number of rotatable bonds is 3. The largest absolute Gasteiger partial charge is 0.488 e. The van der Waals surface area contributed by atoms with E-state index in [2.05, 4.69) is 9.17 Å². The van der Waals surface area contributed by atoms with Crippen molar-refractivity contribution in [1.29, 1.82) is 0 Å². The van der Waals surface area contributed by atoms with Crippen molar-refractivity contribution in [2.24, 2.45) is 0 Å². The Kier molecular flexibility index (Phi) is 3.06. The van der Waals surface area contributed by atoms with Crippen LogP contribution in [0.4, 0.5) is 3.89 Å². The van der Waals surface area contributed by atoms with Gasteiger partial charge in [0.05, 0.1) is 0 Å². The Morgan fingerprint density at radius 3 is 2.29 bits per heavy atom. The molecule has 2 rings (SSSR count). The molecule has 2 aromatic rings. The fourth-order valence-corrected chi connectivity index (χ4v) is 1.69. The molecule has 0 spiro atoms. The molecule has 6 heteroatoms. The summed E-state index contributed by atoms with van der Waals surface area (Å²) in [5.74, 6) is -0.0693. The highest BCUT2D eigenvalue weighted by Gasteiger charge is 2.09. The fourth-order valence-electron chi connectivity index (χ4n) is 1.35. The third kappa shape index (κ3) is 3.25. The van der Waals surface area contributed by atoms with Crippen LogP contribution in [-0.4, -0.2) is 13.4 Å². The van der Waals surface area contributed by atoms with Gasteiger partial charge in [0, 0.05) is 12.4 Å². The summed E-state index contributed by atoms with van der Waals surface area (Å²) in [5, 5.41) is 0. The number of pyridine rings is 1. The summed E-state index contributed by atoms with van der Waals surface area (Å²) in [6.07, 6.45) is 3.32. The fraction of sp³-hybridized carbons (Fsp3) is 0. The van der Waals surface area contributed by atoms with Crippen molar-refractivity contribution >= 4 is 10.5 Å². The number of benzene rings is 1. The Labute approximate surface area is 98.1 Å². The van der Waals surface area contributed by atoms with Gasteiger partial charge >= 0.3 is 10.5 Å². The van der Waals surface area contributed by atoms with Crippen molar-refractivity contribution < 1.29 is 16.5 Å². The van der Waals surface area contributed by atoms with Gasteiger partial charge in [0.1, 0.15) is 5.75 Å². The second kappa shape index (κ2) is 4.50. The van der Waals surface area contributed by atoms with Crippen molar-refractivity contribution in [2.45, 2.75) is 0 Å². The van der Waals surface area contributed by atoms with Crippen LogP contribution in [0.5, 0.6) is 5.75 Å². The lowest BCUT2D eigenvalue weighted by atomic mass is 10.1. The molecule has 0 unspecified atom stereocenters. The molecule has 0 N–H and O–H groups in total.